The van der Waals surface area contributed by atoms with E-state index in [4.69, 9.17) is 15.2 Å². The predicted molar refractivity (Wildman–Crippen MR) is 39.4 cm³/mol. The summed E-state index contributed by atoms with van der Waals surface area (Å²) in [6, 6.07) is 8.18. The van der Waals surface area contributed by atoms with Gasteiger partial charge in [0, 0.05) is 0 Å². The van der Waals surface area contributed by atoms with E-state index in [2.05, 4.69) is 6.07 Å². The van der Waals surface area contributed by atoms with E-state index in [1.54, 1.807) is 18.2 Å². The number of ether oxygens (including phenoxy) is 2. The third-order valence-electron chi connectivity index (χ3n) is 1.47. The molecule has 1 aliphatic rings. The first-order chi connectivity index (χ1) is 5.36. The lowest BCUT2D eigenvalue weighted by atomic mass is 10.3. The Labute approximate surface area is 64.7 Å². The van der Waals surface area contributed by atoms with Crippen molar-refractivity contribution in [2.45, 2.75) is 6.23 Å². The van der Waals surface area contributed by atoms with Gasteiger partial charge in [0.15, 0.2) is 17.7 Å². The van der Waals surface area contributed by atoms with Crippen LogP contribution in [0, 0.1) is 6.07 Å². The molecule has 0 saturated heterocycles. The molecule has 3 nitrogen and oxygen atoms in total. The first-order valence-corrected chi connectivity index (χ1v) is 3.41. The molecule has 1 aliphatic heterocycles. The zero-order valence-corrected chi connectivity index (χ0v) is 5.91. The number of nitrogens with two attached hydrogens (primary N) is 1. The van der Waals surface area contributed by atoms with Gasteiger partial charge in [-0.05, 0) is 18.2 Å². The van der Waals surface area contributed by atoms with Crippen LogP contribution in [0.1, 0.15) is 0 Å². The monoisotopic (exact) mass is 150 g/mol. The fourth-order valence-corrected chi connectivity index (χ4v) is 0.980. The van der Waals surface area contributed by atoms with Gasteiger partial charge in [0.2, 0.25) is 0 Å². The van der Waals surface area contributed by atoms with E-state index in [0.717, 1.165) is 0 Å². The molecular formula is C8H8NO2. The minimum absolute atomic E-state index is 0.343. The van der Waals surface area contributed by atoms with Crippen molar-refractivity contribution >= 4 is 0 Å². The van der Waals surface area contributed by atoms with Crippen LogP contribution in [0.15, 0.2) is 18.2 Å². The molecule has 0 aromatic heterocycles. The molecule has 1 aromatic carbocycles. The number of benzene rings is 1. The second-order valence-electron chi connectivity index (χ2n) is 2.34. The summed E-state index contributed by atoms with van der Waals surface area (Å²) in [5.41, 5.74) is 5.49. The van der Waals surface area contributed by atoms with Crippen LogP contribution in [0.5, 0.6) is 11.5 Å². The molecule has 1 unspecified atom stereocenters. The molecule has 11 heavy (non-hydrogen) atoms. The summed E-state index contributed by atoms with van der Waals surface area (Å²) >= 11 is 0. The average Bonchev–Trinajstić information content (AvgIpc) is 2.04. The van der Waals surface area contributed by atoms with E-state index in [0.29, 0.717) is 18.1 Å². The van der Waals surface area contributed by atoms with Crippen LogP contribution < -0.4 is 15.2 Å². The zero-order chi connectivity index (χ0) is 7.68. The number of fused-ring (bicyclic) bond motifs is 1. The third kappa shape index (κ3) is 1.14. The molecule has 1 aromatic rings. The average molecular weight is 150 g/mol. The number of hydrogen-bond acceptors (Lipinski definition) is 3. The topological polar surface area (TPSA) is 44.5 Å². The Hall–Kier alpha value is -1.22. The lowest BCUT2D eigenvalue weighted by Gasteiger charge is -2.22. The Morgan fingerprint density at radius 2 is 2.45 bits per heavy atom. The van der Waals surface area contributed by atoms with Gasteiger partial charge in [-0.3, -0.25) is 5.73 Å². The highest BCUT2D eigenvalue weighted by atomic mass is 16.6. The van der Waals surface area contributed by atoms with Crippen molar-refractivity contribution < 1.29 is 9.47 Å². The maximum atomic E-state index is 5.49. The Morgan fingerprint density at radius 3 is 3.36 bits per heavy atom. The fourth-order valence-electron chi connectivity index (χ4n) is 0.980. The van der Waals surface area contributed by atoms with Crippen molar-refractivity contribution in [1.82, 2.24) is 0 Å². The maximum absolute atomic E-state index is 5.49. The highest BCUT2D eigenvalue weighted by Crippen LogP contribution is 2.29. The largest absolute Gasteiger partial charge is 0.484 e. The molecular weight excluding hydrogens is 142 g/mol. The van der Waals surface area contributed by atoms with Crippen molar-refractivity contribution in [2.75, 3.05) is 6.61 Å². The van der Waals surface area contributed by atoms with Crippen molar-refractivity contribution in [2.24, 2.45) is 5.73 Å². The molecule has 0 saturated carbocycles. The smallest absolute Gasteiger partial charge is 0.182 e. The molecule has 3 heteroatoms. The van der Waals surface area contributed by atoms with Crippen LogP contribution in [0.2, 0.25) is 0 Å². The Kier molecular flexibility index (Phi) is 1.43. The van der Waals surface area contributed by atoms with Crippen LogP contribution in [0.3, 0.4) is 0 Å². The first kappa shape index (κ1) is 6.49. The molecule has 1 atom stereocenters. The van der Waals surface area contributed by atoms with E-state index < -0.39 is 0 Å². The summed E-state index contributed by atoms with van der Waals surface area (Å²) in [4.78, 5) is 0. The lowest BCUT2D eigenvalue weighted by Crippen LogP contribution is -2.36. The van der Waals surface area contributed by atoms with Gasteiger partial charge >= 0.3 is 0 Å². The molecule has 2 rings (SSSR count). The summed E-state index contributed by atoms with van der Waals surface area (Å²) in [7, 11) is 0. The van der Waals surface area contributed by atoms with Crippen LogP contribution in [-0.2, 0) is 0 Å². The molecule has 1 radical (unpaired) electrons. The van der Waals surface area contributed by atoms with Gasteiger partial charge in [-0.1, -0.05) is 6.07 Å². The summed E-state index contributed by atoms with van der Waals surface area (Å²) in [6.07, 6.45) is -0.343. The van der Waals surface area contributed by atoms with Gasteiger partial charge in [-0.2, -0.15) is 0 Å². The van der Waals surface area contributed by atoms with E-state index >= 15 is 0 Å². The van der Waals surface area contributed by atoms with Gasteiger partial charge in [-0.15, -0.1) is 0 Å². The number of hydrogen-bond donors (Lipinski definition) is 1. The van der Waals surface area contributed by atoms with Gasteiger partial charge in [-0.25, -0.2) is 0 Å². The quantitative estimate of drug-likeness (QED) is 0.587. The van der Waals surface area contributed by atoms with Gasteiger partial charge in [0.25, 0.3) is 0 Å². The van der Waals surface area contributed by atoms with Crippen LogP contribution in [-0.4, -0.2) is 12.8 Å². The summed E-state index contributed by atoms with van der Waals surface area (Å²) in [5.74, 6) is 1.41. The van der Waals surface area contributed by atoms with E-state index in [1.165, 1.54) is 0 Å². The van der Waals surface area contributed by atoms with Gasteiger partial charge in [0.1, 0.15) is 6.61 Å². The summed E-state index contributed by atoms with van der Waals surface area (Å²) < 4.78 is 10.5. The molecule has 0 fully saturated rings. The first-order valence-electron chi connectivity index (χ1n) is 3.41. The Bertz CT molecular complexity index is 262. The molecule has 0 aliphatic carbocycles. The normalized spacial score (nSPS) is 21.4. The highest BCUT2D eigenvalue weighted by Gasteiger charge is 2.15. The highest BCUT2D eigenvalue weighted by molar-refractivity contribution is 5.40. The van der Waals surface area contributed by atoms with Crippen LogP contribution >= 0.6 is 0 Å². The second kappa shape index (κ2) is 2.43. The molecule has 57 valence electrons. The molecule has 0 amide bonds. The third-order valence-corrected chi connectivity index (χ3v) is 1.47. The SMILES string of the molecule is NC1COc2c[c]ccc2O1. The molecule has 0 bridgehead atoms. The summed E-state index contributed by atoms with van der Waals surface area (Å²) in [6.45, 7) is 0.408. The lowest BCUT2D eigenvalue weighted by molar-refractivity contribution is 0.0957. The maximum Gasteiger partial charge on any atom is 0.182 e. The van der Waals surface area contributed by atoms with E-state index in [1.807, 2.05) is 0 Å². The predicted octanol–water partition coefficient (Wildman–Crippen LogP) is 0.543. The summed E-state index contributed by atoms with van der Waals surface area (Å²) in [5, 5.41) is 0. The Balaban J connectivity index is 2.34. The molecule has 0 spiro atoms. The van der Waals surface area contributed by atoms with Crippen molar-refractivity contribution in [1.29, 1.82) is 0 Å². The van der Waals surface area contributed by atoms with Crippen molar-refractivity contribution in [3.63, 3.8) is 0 Å². The minimum Gasteiger partial charge on any atom is -0.484 e. The zero-order valence-electron chi connectivity index (χ0n) is 5.91. The van der Waals surface area contributed by atoms with Crippen molar-refractivity contribution in [3.8, 4) is 11.5 Å². The van der Waals surface area contributed by atoms with Gasteiger partial charge in [0.05, 0.1) is 0 Å². The molecule has 1 heterocycles. The Morgan fingerprint density at radius 1 is 1.55 bits per heavy atom. The van der Waals surface area contributed by atoms with E-state index in [9.17, 15) is 0 Å². The minimum atomic E-state index is -0.343. The molecule has 2 N–H and O–H groups in total. The second-order valence-corrected chi connectivity index (χ2v) is 2.34. The van der Waals surface area contributed by atoms with Crippen LogP contribution in [0.25, 0.3) is 0 Å². The van der Waals surface area contributed by atoms with Crippen molar-refractivity contribution in [3.05, 3.63) is 24.3 Å². The fraction of sp³-hybridized carbons (Fsp3) is 0.250. The van der Waals surface area contributed by atoms with Crippen LogP contribution in [0.4, 0.5) is 0 Å². The standard InChI is InChI=1S/C8H8NO2/c9-8-5-10-6-3-1-2-4-7(6)11-8/h2-4,8H,5,9H2. The number of rotatable bonds is 0. The van der Waals surface area contributed by atoms with Gasteiger partial charge < -0.3 is 9.47 Å². The van der Waals surface area contributed by atoms with E-state index in [-0.39, 0.29) is 6.23 Å².